The number of pyridine rings is 1. The number of carbonyl (C=O) groups is 1. The van der Waals surface area contributed by atoms with Gasteiger partial charge in [-0.3, -0.25) is 4.79 Å². The van der Waals surface area contributed by atoms with Crippen LogP contribution in [-0.4, -0.2) is 21.5 Å². The molecule has 0 aliphatic heterocycles. The molecule has 0 saturated carbocycles. The van der Waals surface area contributed by atoms with Crippen LogP contribution in [0.4, 0.5) is 19.0 Å². The lowest BCUT2D eigenvalue weighted by atomic mass is 10.1. The highest BCUT2D eigenvalue weighted by molar-refractivity contribution is 6.68. The maximum Gasteiger partial charge on any atom is 0.575 e. The minimum absolute atomic E-state index is 0.241. The molecule has 0 unspecified atom stereocenters. The fourth-order valence-electron chi connectivity index (χ4n) is 1.13. The second-order valence-corrected chi connectivity index (χ2v) is 3.38. The summed E-state index contributed by atoms with van der Waals surface area (Å²) in [4.78, 5) is 23.5. The van der Waals surface area contributed by atoms with E-state index >= 15 is 0 Å². The van der Waals surface area contributed by atoms with Gasteiger partial charge in [-0.15, -0.1) is 13.2 Å². The number of rotatable bonds is 3. The summed E-state index contributed by atoms with van der Waals surface area (Å²) in [6.07, 6.45) is -5.08. The van der Waals surface area contributed by atoms with E-state index in [1.807, 2.05) is 0 Å². The van der Waals surface area contributed by atoms with Crippen molar-refractivity contribution in [1.29, 1.82) is 0 Å². The molecule has 0 fully saturated rings. The Kier molecular flexibility index (Phi) is 3.75. The predicted octanol–water partition coefficient (Wildman–Crippen LogP) is 2.58. The van der Waals surface area contributed by atoms with Crippen molar-refractivity contribution in [3.8, 4) is 5.88 Å². The zero-order chi connectivity index (χ0) is 14.1. The zero-order valence-electron chi connectivity index (χ0n) is 8.62. The number of nitro groups is 1. The molecule has 6 nitrogen and oxygen atoms in total. The molecular formula is C8H4ClF3N2O4. The summed E-state index contributed by atoms with van der Waals surface area (Å²) < 4.78 is 39.3. The van der Waals surface area contributed by atoms with Gasteiger partial charge in [-0.25, -0.2) is 0 Å². The largest absolute Gasteiger partial charge is 0.575 e. The molecule has 1 heterocycles. The van der Waals surface area contributed by atoms with Crippen molar-refractivity contribution >= 4 is 22.7 Å². The Bertz CT molecular complexity index is 483. The van der Waals surface area contributed by atoms with Crippen LogP contribution in [0.3, 0.4) is 0 Å². The van der Waals surface area contributed by atoms with Crippen molar-refractivity contribution in [2.45, 2.75) is 13.3 Å². The van der Waals surface area contributed by atoms with E-state index < -0.39 is 33.8 Å². The van der Waals surface area contributed by atoms with E-state index in [9.17, 15) is 28.1 Å². The van der Waals surface area contributed by atoms with Gasteiger partial charge < -0.3 is 14.9 Å². The van der Waals surface area contributed by atoms with E-state index in [2.05, 4.69) is 9.72 Å². The third kappa shape index (κ3) is 3.29. The van der Waals surface area contributed by atoms with Gasteiger partial charge in [-0.05, 0) is 23.4 Å². The van der Waals surface area contributed by atoms with Crippen LogP contribution in [0.5, 0.6) is 5.88 Å². The maximum absolute atomic E-state index is 12.0. The van der Waals surface area contributed by atoms with E-state index in [1.54, 1.807) is 0 Å². The van der Waals surface area contributed by atoms with Crippen molar-refractivity contribution < 1.29 is 27.6 Å². The van der Waals surface area contributed by atoms with Crippen molar-refractivity contribution in [1.82, 2.24) is 4.98 Å². The van der Waals surface area contributed by atoms with Gasteiger partial charge in [0.2, 0.25) is 0 Å². The van der Waals surface area contributed by atoms with Gasteiger partial charge in [-0.1, -0.05) is 0 Å². The first-order valence-electron chi connectivity index (χ1n) is 4.23. The van der Waals surface area contributed by atoms with Crippen LogP contribution in [-0.2, 0) is 0 Å². The normalized spacial score (nSPS) is 11.2. The molecule has 0 bridgehead atoms. The van der Waals surface area contributed by atoms with Crippen LogP contribution in [0.1, 0.15) is 15.9 Å². The molecule has 0 radical (unpaired) electrons. The van der Waals surface area contributed by atoms with Gasteiger partial charge in [-0.2, -0.15) is 0 Å². The summed E-state index contributed by atoms with van der Waals surface area (Å²) in [6.45, 7) is 1.14. The Morgan fingerprint density at radius 1 is 1.56 bits per heavy atom. The second-order valence-electron chi connectivity index (χ2n) is 3.04. The number of ether oxygens (including phenoxy) is 1. The summed E-state index contributed by atoms with van der Waals surface area (Å²) in [7, 11) is 0. The van der Waals surface area contributed by atoms with Crippen LogP contribution >= 0.6 is 11.6 Å². The topological polar surface area (TPSA) is 82.3 Å². The Morgan fingerprint density at radius 2 is 2.11 bits per heavy atom. The monoisotopic (exact) mass is 284 g/mol. The fraction of sp³-hybridized carbons (Fsp3) is 0.250. The molecule has 0 spiro atoms. The Balaban J connectivity index is 3.38. The van der Waals surface area contributed by atoms with Crippen LogP contribution < -0.4 is 4.74 Å². The molecule has 98 valence electrons. The number of nitrogens with zero attached hydrogens (tertiary/aromatic N) is 2. The quantitative estimate of drug-likeness (QED) is 0.484. The van der Waals surface area contributed by atoms with E-state index in [0.29, 0.717) is 6.07 Å². The summed E-state index contributed by atoms with van der Waals surface area (Å²) in [5.74, 6) is -2.05. The maximum atomic E-state index is 12.0. The summed E-state index contributed by atoms with van der Waals surface area (Å²) in [6, 6.07) is 0.588. The Morgan fingerprint density at radius 3 is 2.50 bits per heavy atom. The zero-order valence-corrected chi connectivity index (χ0v) is 9.37. The smallest absolute Gasteiger partial charge is 0.366 e. The lowest BCUT2D eigenvalue weighted by Crippen LogP contribution is -2.19. The minimum atomic E-state index is -5.08. The molecular weight excluding hydrogens is 281 g/mol. The molecule has 10 heteroatoms. The van der Waals surface area contributed by atoms with Crippen molar-refractivity contribution in [2.24, 2.45) is 0 Å². The molecule has 0 N–H and O–H groups in total. The Labute approximate surface area is 102 Å². The molecule has 18 heavy (non-hydrogen) atoms. The van der Waals surface area contributed by atoms with Gasteiger partial charge in [0, 0.05) is 11.1 Å². The highest BCUT2D eigenvalue weighted by Crippen LogP contribution is 2.28. The number of carbonyl (C=O) groups excluding carboxylic acids is 1. The average molecular weight is 285 g/mol. The summed E-state index contributed by atoms with van der Waals surface area (Å²) >= 11 is 5.10. The van der Waals surface area contributed by atoms with Crippen LogP contribution in [0, 0.1) is 17.0 Å². The van der Waals surface area contributed by atoms with E-state index in [4.69, 9.17) is 11.6 Å². The third-order valence-corrected chi connectivity index (χ3v) is 2.03. The number of hydrogen-bond acceptors (Lipinski definition) is 5. The highest BCUT2D eigenvalue weighted by Gasteiger charge is 2.35. The minimum Gasteiger partial charge on any atom is -0.366 e. The van der Waals surface area contributed by atoms with Crippen molar-refractivity contribution in [2.75, 3.05) is 0 Å². The first kappa shape index (κ1) is 14.2. The second kappa shape index (κ2) is 4.77. The van der Waals surface area contributed by atoms with Gasteiger partial charge in [0.05, 0.1) is 11.1 Å². The van der Waals surface area contributed by atoms with E-state index in [1.165, 1.54) is 0 Å². The molecule has 0 aliphatic carbocycles. The average Bonchev–Trinajstić information content (AvgIpc) is 2.17. The lowest BCUT2D eigenvalue weighted by molar-refractivity contribution is -0.390. The third-order valence-electron chi connectivity index (χ3n) is 1.83. The van der Waals surface area contributed by atoms with E-state index in [-0.39, 0.29) is 5.56 Å². The van der Waals surface area contributed by atoms with Crippen LogP contribution in [0.2, 0.25) is 0 Å². The molecule has 1 aromatic rings. The van der Waals surface area contributed by atoms with Gasteiger partial charge in [0.1, 0.15) is 0 Å². The lowest BCUT2D eigenvalue weighted by Gasteiger charge is -2.07. The molecule has 1 aromatic heterocycles. The molecule has 0 amide bonds. The van der Waals surface area contributed by atoms with Gasteiger partial charge in [0.25, 0.3) is 5.24 Å². The predicted molar refractivity (Wildman–Crippen MR) is 52.5 cm³/mol. The number of halogens is 4. The molecule has 0 atom stereocenters. The van der Waals surface area contributed by atoms with Crippen molar-refractivity contribution in [3.05, 3.63) is 27.3 Å². The first-order valence-corrected chi connectivity index (χ1v) is 4.61. The highest BCUT2D eigenvalue weighted by atomic mass is 35.5. The Hall–Kier alpha value is -1.90. The molecule has 0 aromatic carbocycles. The SMILES string of the molecule is Cc1c(C(=O)Cl)cc(OC(F)(F)F)nc1[N+](=O)[O-]. The van der Waals surface area contributed by atoms with Crippen LogP contribution in [0.25, 0.3) is 0 Å². The molecule has 0 aliphatic rings. The summed E-state index contributed by atoms with van der Waals surface area (Å²) in [5.41, 5.74) is -0.716. The number of aromatic nitrogens is 1. The van der Waals surface area contributed by atoms with Gasteiger partial charge in [0.15, 0.2) is 0 Å². The number of hydrogen-bond donors (Lipinski definition) is 0. The fourth-order valence-corrected chi connectivity index (χ4v) is 1.32. The van der Waals surface area contributed by atoms with Crippen molar-refractivity contribution in [3.63, 3.8) is 0 Å². The standard InChI is InChI=1S/C8H4ClF3N2O4/c1-3-4(6(9)15)2-5(18-8(10,11)12)13-7(3)14(16)17/h2H,1H3. The van der Waals surface area contributed by atoms with Gasteiger partial charge >= 0.3 is 18.1 Å². The molecule has 0 saturated heterocycles. The number of alkyl halides is 3. The van der Waals surface area contributed by atoms with Crippen LogP contribution in [0.15, 0.2) is 6.07 Å². The molecule has 1 rings (SSSR count). The first-order chi connectivity index (χ1) is 8.11. The van der Waals surface area contributed by atoms with E-state index in [0.717, 1.165) is 6.92 Å². The summed E-state index contributed by atoms with van der Waals surface area (Å²) in [5, 5.41) is 9.42.